The molecule has 0 saturated heterocycles. The minimum absolute atomic E-state index is 0.279. The molecule has 94 valence electrons. The maximum atomic E-state index is 6.15. The second-order valence-electron chi connectivity index (χ2n) is 4.23. The Kier molecular flexibility index (Phi) is 4.65. The lowest BCUT2D eigenvalue weighted by atomic mass is 10.1. The molecule has 3 heteroatoms. The van der Waals surface area contributed by atoms with Gasteiger partial charge in [0.2, 0.25) is 0 Å². The fraction of sp³-hybridized carbons (Fsp3) is 0.200. The van der Waals surface area contributed by atoms with Crippen LogP contribution in [0, 0.1) is 0 Å². The summed E-state index contributed by atoms with van der Waals surface area (Å²) in [6.45, 7) is 2.84. The Balaban J connectivity index is 2.02. The first-order valence-corrected chi connectivity index (χ1v) is 6.65. The molecule has 2 aromatic carbocycles. The molecule has 0 radical (unpaired) electrons. The second-order valence-corrected chi connectivity index (χ2v) is 5.01. The largest absolute Gasteiger partial charge is 0.306 e. The van der Waals surface area contributed by atoms with Gasteiger partial charge in [0.1, 0.15) is 0 Å². The van der Waals surface area contributed by atoms with E-state index in [2.05, 4.69) is 24.4 Å². The zero-order chi connectivity index (χ0) is 13.0. The van der Waals surface area contributed by atoms with Gasteiger partial charge in [-0.1, -0.05) is 65.7 Å². The summed E-state index contributed by atoms with van der Waals surface area (Å²) in [4.78, 5) is 0. The van der Waals surface area contributed by atoms with Crippen molar-refractivity contribution in [3.8, 4) is 0 Å². The minimum Gasteiger partial charge on any atom is -0.306 e. The van der Waals surface area contributed by atoms with Crippen LogP contribution >= 0.6 is 23.2 Å². The average molecular weight is 280 g/mol. The monoisotopic (exact) mass is 279 g/mol. The molecule has 0 aliphatic carbocycles. The van der Waals surface area contributed by atoms with Gasteiger partial charge in [0, 0.05) is 12.6 Å². The van der Waals surface area contributed by atoms with Crippen molar-refractivity contribution in [3.05, 3.63) is 69.7 Å². The summed E-state index contributed by atoms with van der Waals surface area (Å²) < 4.78 is 0. The van der Waals surface area contributed by atoms with Crippen LogP contribution in [0.15, 0.2) is 48.5 Å². The summed E-state index contributed by atoms with van der Waals surface area (Å²) in [6.07, 6.45) is 0. The number of rotatable bonds is 4. The van der Waals surface area contributed by atoms with Gasteiger partial charge in [-0.2, -0.15) is 0 Å². The van der Waals surface area contributed by atoms with Gasteiger partial charge in [-0.25, -0.2) is 0 Å². The van der Waals surface area contributed by atoms with E-state index in [9.17, 15) is 0 Å². The van der Waals surface area contributed by atoms with Crippen LogP contribution in [0.4, 0.5) is 0 Å². The van der Waals surface area contributed by atoms with Crippen molar-refractivity contribution in [1.82, 2.24) is 5.32 Å². The van der Waals surface area contributed by atoms with Crippen molar-refractivity contribution >= 4 is 23.2 Å². The van der Waals surface area contributed by atoms with Crippen LogP contribution in [0.5, 0.6) is 0 Å². The topological polar surface area (TPSA) is 12.0 Å². The van der Waals surface area contributed by atoms with E-state index in [-0.39, 0.29) is 6.04 Å². The Morgan fingerprint density at radius 2 is 1.72 bits per heavy atom. The molecule has 1 N–H and O–H groups in total. The van der Waals surface area contributed by atoms with Gasteiger partial charge in [0.05, 0.1) is 10.0 Å². The van der Waals surface area contributed by atoms with Crippen LogP contribution in [0.25, 0.3) is 0 Å². The normalized spacial score (nSPS) is 12.4. The summed E-state index contributed by atoms with van der Waals surface area (Å²) in [5.74, 6) is 0. The zero-order valence-electron chi connectivity index (χ0n) is 10.2. The Morgan fingerprint density at radius 1 is 1.00 bits per heavy atom. The van der Waals surface area contributed by atoms with Crippen molar-refractivity contribution in [1.29, 1.82) is 0 Å². The Labute approximate surface area is 118 Å². The Bertz CT molecular complexity index is 511. The predicted molar refractivity (Wildman–Crippen MR) is 78.2 cm³/mol. The van der Waals surface area contributed by atoms with Crippen molar-refractivity contribution in [2.24, 2.45) is 0 Å². The molecule has 2 rings (SSSR count). The zero-order valence-corrected chi connectivity index (χ0v) is 11.7. The van der Waals surface area contributed by atoms with Crippen molar-refractivity contribution in [2.45, 2.75) is 19.5 Å². The lowest BCUT2D eigenvalue weighted by molar-refractivity contribution is 0.575. The number of hydrogen-bond donors (Lipinski definition) is 1. The lowest BCUT2D eigenvalue weighted by Crippen LogP contribution is -2.18. The summed E-state index contributed by atoms with van der Waals surface area (Å²) in [6, 6.07) is 16.3. The fourth-order valence-corrected chi connectivity index (χ4v) is 2.19. The summed E-state index contributed by atoms with van der Waals surface area (Å²) in [5.41, 5.74) is 2.28. The molecule has 2 aromatic rings. The highest BCUT2D eigenvalue weighted by molar-refractivity contribution is 6.42. The molecule has 0 amide bonds. The summed E-state index contributed by atoms with van der Waals surface area (Å²) in [7, 11) is 0. The van der Waals surface area contributed by atoms with E-state index >= 15 is 0 Å². The standard InChI is InChI=1S/C15H15Cl2N/c1-11(12-6-3-2-4-7-12)18-10-13-8-5-9-14(16)15(13)17/h2-9,11,18H,10H2,1H3/t11-/m0/s1. The maximum absolute atomic E-state index is 6.15. The van der Waals surface area contributed by atoms with Gasteiger partial charge in [-0.3, -0.25) is 0 Å². The molecule has 1 nitrogen and oxygen atoms in total. The summed E-state index contributed by atoms with van der Waals surface area (Å²) >= 11 is 12.1. The molecule has 0 spiro atoms. The van der Waals surface area contributed by atoms with Crippen LogP contribution in [0.1, 0.15) is 24.1 Å². The molecular weight excluding hydrogens is 265 g/mol. The molecule has 0 heterocycles. The first kappa shape index (κ1) is 13.4. The van der Waals surface area contributed by atoms with Crippen LogP contribution in [-0.2, 0) is 6.54 Å². The Hall–Kier alpha value is -1.02. The highest BCUT2D eigenvalue weighted by Crippen LogP contribution is 2.25. The number of hydrogen-bond acceptors (Lipinski definition) is 1. The molecule has 18 heavy (non-hydrogen) atoms. The third kappa shape index (κ3) is 3.26. The highest BCUT2D eigenvalue weighted by Gasteiger charge is 2.07. The number of nitrogens with one attached hydrogen (secondary N) is 1. The SMILES string of the molecule is C[C@H](NCc1cccc(Cl)c1Cl)c1ccccc1. The molecule has 0 aliphatic heterocycles. The van der Waals surface area contributed by atoms with Crippen LogP contribution in [0.3, 0.4) is 0 Å². The van der Waals surface area contributed by atoms with Gasteiger partial charge in [0.25, 0.3) is 0 Å². The molecule has 0 saturated carbocycles. The van der Waals surface area contributed by atoms with Crippen LogP contribution < -0.4 is 5.32 Å². The van der Waals surface area contributed by atoms with Gasteiger partial charge in [-0.15, -0.1) is 0 Å². The average Bonchev–Trinajstić information content (AvgIpc) is 2.41. The molecule has 0 unspecified atom stereocenters. The maximum Gasteiger partial charge on any atom is 0.0637 e. The van der Waals surface area contributed by atoms with Gasteiger partial charge >= 0.3 is 0 Å². The Morgan fingerprint density at radius 3 is 2.44 bits per heavy atom. The van der Waals surface area contributed by atoms with Crippen molar-refractivity contribution < 1.29 is 0 Å². The molecule has 1 atom stereocenters. The molecule has 0 aliphatic rings. The summed E-state index contributed by atoms with van der Waals surface area (Å²) in [5, 5.41) is 4.67. The van der Waals surface area contributed by atoms with Gasteiger partial charge in [-0.05, 0) is 24.1 Å². The van der Waals surface area contributed by atoms with Crippen molar-refractivity contribution in [2.75, 3.05) is 0 Å². The third-order valence-electron chi connectivity index (χ3n) is 2.93. The number of benzene rings is 2. The molecular formula is C15H15Cl2N. The van der Waals surface area contributed by atoms with Crippen molar-refractivity contribution in [3.63, 3.8) is 0 Å². The molecule has 0 fully saturated rings. The van der Waals surface area contributed by atoms with E-state index in [4.69, 9.17) is 23.2 Å². The second kappa shape index (κ2) is 6.24. The van der Waals surface area contributed by atoms with Crippen LogP contribution in [0.2, 0.25) is 10.0 Å². The van der Waals surface area contributed by atoms with E-state index < -0.39 is 0 Å². The molecule has 0 aromatic heterocycles. The predicted octanol–water partition coefficient (Wildman–Crippen LogP) is 4.84. The first-order valence-electron chi connectivity index (χ1n) is 5.89. The third-order valence-corrected chi connectivity index (χ3v) is 3.79. The molecule has 0 bridgehead atoms. The first-order chi connectivity index (χ1) is 8.68. The van der Waals surface area contributed by atoms with Gasteiger partial charge in [0.15, 0.2) is 0 Å². The highest BCUT2D eigenvalue weighted by atomic mass is 35.5. The number of halogens is 2. The van der Waals surface area contributed by atoms with Crippen LogP contribution in [-0.4, -0.2) is 0 Å². The lowest BCUT2D eigenvalue weighted by Gasteiger charge is -2.15. The van der Waals surface area contributed by atoms with E-state index in [1.54, 1.807) is 6.07 Å². The van der Waals surface area contributed by atoms with E-state index in [0.29, 0.717) is 16.6 Å². The quantitative estimate of drug-likeness (QED) is 0.844. The minimum atomic E-state index is 0.279. The fourth-order valence-electron chi connectivity index (χ4n) is 1.81. The van der Waals surface area contributed by atoms with Gasteiger partial charge < -0.3 is 5.32 Å². The van der Waals surface area contributed by atoms with E-state index in [1.807, 2.05) is 30.3 Å². The smallest absolute Gasteiger partial charge is 0.0637 e. The van der Waals surface area contributed by atoms with E-state index in [0.717, 1.165) is 5.56 Å². The van der Waals surface area contributed by atoms with E-state index in [1.165, 1.54) is 5.56 Å².